The zero-order chi connectivity index (χ0) is 19.1. The number of rotatable bonds is 8. The third-order valence-electron chi connectivity index (χ3n) is 4.22. The predicted octanol–water partition coefficient (Wildman–Crippen LogP) is 3.58. The van der Waals surface area contributed by atoms with Gasteiger partial charge in [0.2, 0.25) is 0 Å². The van der Waals surface area contributed by atoms with Crippen molar-refractivity contribution in [1.29, 1.82) is 0 Å². The molecule has 3 aromatic rings. The molecule has 1 aromatic carbocycles. The van der Waals surface area contributed by atoms with Gasteiger partial charge in [0, 0.05) is 24.7 Å². The van der Waals surface area contributed by atoms with E-state index in [0.29, 0.717) is 30.4 Å². The van der Waals surface area contributed by atoms with Gasteiger partial charge in [-0.15, -0.1) is 5.10 Å². The number of unbranched alkanes of at least 4 members (excludes halogenated alkanes) is 1. The molecule has 0 spiro atoms. The highest BCUT2D eigenvalue weighted by atomic mass is 16.3. The molecule has 0 aliphatic carbocycles. The number of hydrogen-bond acceptors (Lipinski definition) is 5. The second kappa shape index (κ2) is 8.93. The van der Waals surface area contributed by atoms with Gasteiger partial charge in [-0.3, -0.25) is 4.79 Å². The smallest absolute Gasteiger partial charge is 0.272 e. The Labute approximate surface area is 158 Å². The molecule has 0 aliphatic heterocycles. The molecule has 0 radical (unpaired) electrons. The topological polar surface area (TPSA) is 77.0 Å². The van der Waals surface area contributed by atoms with Crippen molar-refractivity contribution in [2.45, 2.75) is 26.7 Å². The molecule has 0 fully saturated rings. The van der Waals surface area contributed by atoms with Crippen molar-refractivity contribution in [1.82, 2.24) is 25.1 Å². The summed E-state index contributed by atoms with van der Waals surface area (Å²) in [6, 6.07) is 13.1. The van der Waals surface area contributed by atoms with E-state index in [1.54, 1.807) is 29.4 Å². The number of amides is 1. The highest BCUT2D eigenvalue weighted by Crippen LogP contribution is 2.22. The molecule has 0 saturated heterocycles. The Kier molecular flexibility index (Phi) is 6.14. The molecule has 0 bridgehead atoms. The molecule has 2 heterocycles. The highest BCUT2D eigenvalue weighted by Gasteiger charge is 2.23. The molecular weight excluding hydrogens is 342 g/mol. The number of carbonyl (C=O) groups excluding carboxylic acids is 1. The molecule has 0 saturated carbocycles. The molecule has 140 valence electrons. The maximum Gasteiger partial charge on any atom is 0.272 e. The summed E-state index contributed by atoms with van der Waals surface area (Å²) in [5.74, 6) is 0.944. The minimum absolute atomic E-state index is 0.133. The Morgan fingerprint density at radius 2 is 2.00 bits per heavy atom. The van der Waals surface area contributed by atoms with Crippen molar-refractivity contribution in [2.75, 3.05) is 13.1 Å². The summed E-state index contributed by atoms with van der Waals surface area (Å²) in [5.41, 5.74) is 1.18. The van der Waals surface area contributed by atoms with Crippen LogP contribution < -0.4 is 0 Å². The Morgan fingerprint density at radius 1 is 1.19 bits per heavy atom. The van der Waals surface area contributed by atoms with Gasteiger partial charge < -0.3 is 9.32 Å². The van der Waals surface area contributed by atoms with Gasteiger partial charge in [-0.2, -0.15) is 4.68 Å². The van der Waals surface area contributed by atoms with Gasteiger partial charge in [0.1, 0.15) is 11.5 Å². The van der Waals surface area contributed by atoms with Crippen LogP contribution in [0.25, 0.3) is 23.2 Å². The average molecular weight is 365 g/mol. The lowest BCUT2D eigenvalue weighted by Crippen LogP contribution is -2.34. The van der Waals surface area contributed by atoms with Gasteiger partial charge in [-0.1, -0.05) is 43.7 Å². The van der Waals surface area contributed by atoms with Crippen LogP contribution >= 0.6 is 0 Å². The van der Waals surface area contributed by atoms with Crippen LogP contribution in [-0.4, -0.2) is 44.1 Å². The summed E-state index contributed by atoms with van der Waals surface area (Å²) in [4.78, 5) is 15.1. The zero-order valence-corrected chi connectivity index (χ0v) is 15.6. The highest BCUT2D eigenvalue weighted by molar-refractivity contribution is 6.18. The zero-order valence-electron chi connectivity index (χ0n) is 15.6. The maximum absolute atomic E-state index is 13.3. The maximum atomic E-state index is 13.3. The van der Waals surface area contributed by atoms with Gasteiger partial charge >= 0.3 is 0 Å². The third kappa shape index (κ3) is 4.31. The van der Waals surface area contributed by atoms with E-state index in [4.69, 9.17) is 4.42 Å². The molecular formula is C20H23N5O2. The first-order valence-corrected chi connectivity index (χ1v) is 9.13. The molecule has 1 amide bonds. The van der Waals surface area contributed by atoms with Crippen LogP contribution in [0.1, 0.15) is 32.4 Å². The number of benzene rings is 1. The van der Waals surface area contributed by atoms with E-state index in [0.717, 1.165) is 18.4 Å². The first-order chi connectivity index (χ1) is 13.2. The second-order valence-electron chi connectivity index (χ2n) is 6.06. The van der Waals surface area contributed by atoms with Crippen molar-refractivity contribution in [2.24, 2.45) is 0 Å². The molecule has 0 aliphatic rings. The van der Waals surface area contributed by atoms with Crippen molar-refractivity contribution < 1.29 is 9.21 Å². The van der Waals surface area contributed by atoms with Crippen LogP contribution in [0, 0.1) is 0 Å². The molecule has 3 rings (SSSR count). The fourth-order valence-electron chi connectivity index (χ4n) is 2.75. The summed E-state index contributed by atoms with van der Waals surface area (Å²) in [7, 11) is 0. The van der Waals surface area contributed by atoms with Crippen molar-refractivity contribution in [3.8, 4) is 11.4 Å². The summed E-state index contributed by atoms with van der Waals surface area (Å²) in [6.45, 7) is 5.36. The lowest BCUT2D eigenvalue weighted by atomic mass is 10.2. The van der Waals surface area contributed by atoms with Gasteiger partial charge in [-0.05, 0) is 35.9 Å². The number of nitrogens with zero attached hydrogens (tertiary/aromatic N) is 5. The Hall–Kier alpha value is -3.22. The predicted molar refractivity (Wildman–Crippen MR) is 103 cm³/mol. The van der Waals surface area contributed by atoms with Crippen LogP contribution in [-0.2, 0) is 4.79 Å². The van der Waals surface area contributed by atoms with E-state index in [1.807, 2.05) is 37.3 Å². The minimum atomic E-state index is -0.133. The molecule has 0 unspecified atom stereocenters. The van der Waals surface area contributed by atoms with E-state index < -0.39 is 0 Å². The van der Waals surface area contributed by atoms with Crippen LogP contribution in [0.4, 0.5) is 0 Å². The Balaban J connectivity index is 2.05. The minimum Gasteiger partial charge on any atom is -0.465 e. The lowest BCUT2D eigenvalue weighted by molar-refractivity contribution is -0.125. The Bertz CT molecular complexity index is 884. The number of hydrogen-bond donors (Lipinski definition) is 0. The van der Waals surface area contributed by atoms with E-state index in [2.05, 4.69) is 22.4 Å². The van der Waals surface area contributed by atoms with Gasteiger partial charge in [-0.25, -0.2) is 0 Å². The fraction of sp³-hybridized carbons (Fsp3) is 0.300. The van der Waals surface area contributed by atoms with Crippen LogP contribution in [0.5, 0.6) is 0 Å². The number of likely N-dealkylation sites (N-methyl/N-ethyl adjacent to an activating group) is 1. The lowest BCUT2D eigenvalue weighted by Gasteiger charge is -2.22. The number of furan rings is 1. The normalized spacial score (nSPS) is 11.6. The average Bonchev–Trinajstić information content (AvgIpc) is 3.39. The summed E-state index contributed by atoms with van der Waals surface area (Å²) >= 11 is 0. The van der Waals surface area contributed by atoms with Crippen molar-refractivity contribution in [3.05, 3.63) is 54.5 Å². The van der Waals surface area contributed by atoms with Crippen LogP contribution in [0.2, 0.25) is 0 Å². The van der Waals surface area contributed by atoms with E-state index in [9.17, 15) is 4.79 Å². The van der Waals surface area contributed by atoms with Gasteiger partial charge in [0.25, 0.3) is 5.91 Å². The number of tetrazole rings is 1. The first-order valence-electron chi connectivity index (χ1n) is 9.13. The van der Waals surface area contributed by atoms with Crippen LogP contribution in [0.15, 0.2) is 53.1 Å². The first kappa shape index (κ1) is 18.6. The molecule has 7 nitrogen and oxygen atoms in total. The monoisotopic (exact) mass is 365 g/mol. The largest absolute Gasteiger partial charge is 0.465 e. The molecule has 0 atom stereocenters. The third-order valence-corrected chi connectivity index (χ3v) is 4.22. The number of carbonyl (C=O) groups is 1. The summed E-state index contributed by atoms with van der Waals surface area (Å²) in [5, 5.41) is 12.0. The Morgan fingerprint density at radius 3 is 2.67 bits per heavy atom. The molecule has 7 heteroatoms. The van der Waals surface area contributed by atoms with Crippen molar-refractivity contribution in [3.63, 3.8) is 0 Å². The van der Waals surface area contributed by atoms with Gasteiger partial charge in [0.05, 0.1) is 6.26 Å². The quantitative estimate of drug-likeness (QED) is 0.570. The van der Waals surface area contributed by atoms with Crippen molar-refractivity contribution >= 4 is 17.7 Å². The van der Waals surface area contributed by atoms with E-state index in [-0.39, 0.29) is 5.91 Å². The summed E-state index contributed by atoms with van der Waals surface area (Å²) < 4.78 is 6.90. The molecule has 27 heavy (non-hydrogen) atoms. The molecule has 0 N–H and O–H groups in total. The van der Waals surface area contributed by atoms with Gasteiger partial charge in [0.15, 0.2) is 5.82 Å². The second-order valence-corrected chi connectivity index (χ2v) is 6.06. The fourth-order valence-corrected chi connectivity index (χ4v) is 2.75. The standard InChI is InChI=1S/C20H23N5O2/c1-3-5-13-24(4-2)20(26)18(15-17-12-9-14-27-17)25-19(21-22-23-25)16-10-7-6-8-11-16/h6-12,14-15H,3-5,13H2,1-2H3. The van der Waals surface area contributed by atoms with Crippen LogP contribution in [0.3, 0.4) is 0 Å². The SMILES string of the molecule is CCCCN(CC)C(=O)C(=Cc1ccco1)n1nnnc1-c1ccccc1. The molecule has 2 aromatic heterocycles. The summed E-state index contributed by atoms with van der Waals surface area (Å²) in [6.07, 6.45) is 5.20. The number of aromatic nitrogens is 4. The van der Waals surface area contributed by atoms with E-state index in [1.165, 1.54) is 4.68 Å². The van der Waals surface area contributed by atoms with E-state index >= 15 is 0 Å².